The van der Waals surface area contributed by atoms with Crippen molar-refractivity contribution in [3.63, 3.8) is 0 Å². The van der Waals surface area contributed by atoms with Gasteiger partial charge in [0.25, 0.3) is 5.91 Å². The van der Waals surface area contributed by atoms with Gasteiger partial charge in [-0.3, -0.25) is 4.79 Å². The molecule has 142 valence electrons. The number of nitrogens with zero attached hydrogens (tertiary/aromatic N) is 2. The molecule has 0 aliphatic carbocycles. The van der Waals surface area contributed by atoms with Crippen LogP contribution in [0.15, 0.2) is 60.8 Å². The van der Waals surface area contributed by atoms with Crippen LogP contribution in [0.5, 0.6) is 0 Å². The van der Waals surface area contributed by atoms with Crippen LogP contribution < -0.4 is 10.2 Å². The third kappa shape index (κ3) is 3.86. The molecule has 0 spiro atoms. The second-order valence-corrected chi connectivity index (χ2v) is 6.78. The Morgan fingerprint density at radius 3 is 2.61 bits per heavy atom. The van der Waals surface area contributed by atoms with Crippen LogP contribution in [0.2, 0.25) is 0 Å². The zero-order valence-electron chi connectivity index (χ0n) is 15.2. The Morgan fingerprint density at radius 1 is 1.04 bits per heavy atom. The van der Waals surface area contributed by atoms with Crippen LogP contribution in [0.25, 0.3) is 0 Å². The minimum absolute atomic E-state index is 0.0791. The molecule has 28 heavy (non-hydrogen) atoms. The SMILES string of the molecule is O=C(NCc1ccc(N2CCc3ccccc3C2)nc1)c1ccc(F)c(F)c1. The fraction of sp³-hybridized carbons (Fsp3) is 0.182. The van der Waals surface area contributed by atoms with Crippen molar-refractivity contribution in [1.82, 2.24) is 10.3 Å². The first kappa shape index (κ1) is 18.1. The van der Waals surface area contributed by atoms with Crippen molar-refractivity contribution < 1.29 is 13.6 Å². The van der Waals surface area contributed by atoms with Crippen molar-refractivity contribution in [3.05, 3.63) is 94.7 Å². The number of nitrogens with one attached hydrogen (secondary N) is 1. The first-order valence-corrected chi connectivity index (χ1v) is 9.10. The standard InChI is InChI=1S/C22H19F2N3O/c23-19-7-6-17(11-20(19)24)22(28)26-13-15-5-8-21(25-12-15)27-10-9-16-3-1-2-4-18(16)14-27/h1-8,11-12H,9-10,13-14H2,(H,26,28). The lowest BCUT2D eigenvalue weighted by molar-refractivity contribution is 0.0950. The number of rotatable bonds is 4. The van der Waals surface area contributed by atoms with Gasteiger partial charge >= 0.3 is 0 Å². The maximum atomic E-state index is 13.2. The molecular weight excluding hydrogens is 360 g/mol. The molecule has 4 nitrogen and oxygen atoms in total. The van der Waals surface area contributed by atoms with Crippen molar-refractivity contribution in [2.24, 2.45) is 0 Å². The van der Waals surface area contributed by atoms with E-state index in [0.29, 0.717) is 0 Å². The highest BCUT2D eigenvalue weighted by atomic mass is 19.2. The summed E-state index contributed by atoms with van der Waals surface area (Å²) in [5.74, 6) is -1.58. The van der Waals surface area contributed by atoms with Gasteiger partial charge in [0.2, 0.25) is 0 Å². The van der Waals surface area contributed by atoms with E-state index >= 15 is 0 Å². The van der Waals surface area contributed by atoms with Gasteiger partial charge in [-0.15, -0.1) is 0 Å². The molecular formula is C22H19F2N3O. The van der Waals surface area contributed by atoms with Crippen LogP contribution in [-0.4, -0.2) is 17.4 Å². The monoisotopic (exact) mass is 379 g/mol. The van der Waals surface area contributed by atoms with Crippen LogP contribution in [-0.2, 0) is 19.5 Å². The van der Waals surface area contributed by atoms with E-state index in [-0.39, 0.29) is 12.1 Å². The number of anilines is 1. The Bertz CT molecular complexity index is 1000. The van der Waals surface area contributed by atoms with Crippen molar-refractivity contribution in [3.8, 4) is 0 Å². The molecule has 2 heterocycles. The smallest absolute Gasteiger partial charge is 0.251 e. The van der Waals surface area contributed by atoms with E-state index in [1.165, 1.54) is 17.2 Å². The van der Waals surface area contributed by atoms with Gasteiger partial charge in [-0.25, -0.2) is 13.8 Å². The number of benzene rings is 2. The van der Waals surface area contributed by atoms with Crippen molar-refractivity contribution in [2.75, 3.05) is 11.4 Å². The van der Waals surface area contributed by atoms with E-state index in [4.69, 9.17) is 0 Å². The van der Waals surface area contributed by atoms with Crippen LogP contribution >= 0.6 is 0 Å². The molecule has 1 N–H and O–H groups in total. The summed E-state index contributed by atoms with van der Waals surface area (Å²) in [5, 5.41) is 2.69. The first-order valence-electron chi connectivity index (χ1n) is 9.10. The van der Waals surface area contributed by atoms with E-state index in [0.717, 1.165) is 43.0 Å². The average molecular weight is 379 g/mol. The number of carbonyl (C=O) groups excluding carboxylic acids is 1. The third-order valence-electron chi connectivity index (χ3n) is 4.90. The molecule has 3 aromatic rings. The van der Waals surface area contributed by atoms with Gasteiger partial charge in [0.05, 0.1) is 0 Å². The van der Waals surface area contributed by atoms with Gasteiger partial charge < -0.3 is 10.2 Å². The highest BCUT2D eigenvalue weighted by Gasteiger charge is 2.17. The van der Waals surface area contributed by atoms with Gasteiger partial charge in [0.15, 0.2) is 11.6 Å². The van der Waals surface area contributed by atoms with Gasteiger partial charge in [-0.2, -0.15) is 0 Å². The number of aromatic nitrogens is 1. The highest BCUT2D eigenvalue weighted by molar-refractivity contribution is 5.94. The molecule has 0 bridgehead atoms. The van der Waals surface area contributed by atoms with Crippen LogP contribution in [0.4, 0.5) is 14.6 Å². The van der Waals surface area contributed by atoms with Crippen molar-refractivity contribution in [1.29, 1.82) is 0 Å². The Balaban J connectivity index is 1.37. The summed E-state index contributed by atoms with van der Waals surface area (Å²) in [6.45, 7) is 2.00. The molecule has 0 fully saturated rings. The molecule has 0 saturated heterocycles. The number of amides is 1. The topological polar surface area (TPSA) is 45.2 Å². The summed E-state index contributed by atoms with van der Waals surface area (Å²) in [7, 11) is 0. The van der Waals surface area contributed by atoms with E-state index in [9.17, 15) is 13.6 Å². The molecule has 1 aliphatic heterocycles. The second kappa shape index (κ2) is 7.76. The molecule has 1 amide bonds. The number of hydrogen-bond donors (Lipinski definition) is 1. The summed E-state index contributed by atoms with van der Waals surface area (Å²) in [6.07, 6.45) is 2.71. The fourth-order valence-electron chi connectivity index (χ4n) is 3.32. The Labute approximate surface area is 161 Å². The zero-order chi connectivity index (χ0) is 19.5. The maximum Gasteiger partial charge on any atom is 0.251 e. The molecule has 0 unspecified atom stereocenters. The maximum absolute atomic E-state index is 13.2. The predicted octanol–water partition coefficient (Wildman–Crippen LogP) is 3.85. The molecule has 1 aromatic heterocycles. The molecule has 4 rings (SSSR count). The number of hydrogen-bond acceptors (Lipinski definition) is 3. The summed E-state index contributed by atoms with van der Waals surface area (Å²) in [4.78, 5) is 18.8. The highest BCUT2D eigenvalue weighted by Crippen LogP contribution is 2.23. The molecule has 0 atom stereocenters. The number of halogens is 2. The van der Waals surface area contributed by atoms with E-state index in [1.54, 1.807) is 6.20 Å². The third-order valence-corrected chi connectivity index (χ3v) is 4.90. The van der Waals surface area contributed by atoms with E-state index in [2.05, 4.69) is 39.5 Å². The minimum Gasteiger partial charge on any atom is -0.352 e. The predicted molar refractivity (Wildman–Crippen MR) is 103 cm³/mol. The van der Waals surface area contributed by atoms with Crippen molar-refractivity contribution >= 4 is 11.7 Å². The fourth-order valence-corrected chi connectivity index (χ4v) is 3.32. The molecule has 1 aliphatic rings. The lowest BCUT2D eigenvalue weighted by Crippen LogP contribution is -2.31. The number of fused-ring (bicyclic) bond motifs is 1. The van der Waals surface area contributed by atoms with Gasteiger partial charge in [-0.1, -0.05) is 30.3 Å². The number of carbonyl (C=O) groups is 1. The quantitative estimate of drug-likeness (QED) is 0.749. The Kier molecular flexibility index (Phi) is 5.02. The molecule has 2 aromatic carbocycles. The summed E-state index contributed by atoms with van der Waals surface area (Å²) >= 11 is 0. The molecule has 6 heteroatoms. The normalized spacial score (nSPS) is 13.1. The van der Waals surface area contributed by atoms with Gasteiger partial charge in [0.1, 0.15) is 5.82 Å². The summed E-state index contributed by atoms with van der Waals surface area (Å²) in [6, 6.07) is 15.4. The lowest BCUT2D eigenvalue weighted by atomic mass is 10.00. The van der Waals surface area contributed by atoms with Gasteiger partial charge in [-0.05, 0) is 47.4 Å². The van der Waals surface area contributed by atoms with Crippen LogP contribution in [0.3, 0.4) is 0 Å². The molecule has 0 radical (unpaired) electrons. The Morgan fingerprint density at radius 2 is 1.86 bits per heavy atom. The van der Waals surface area contributed by atoms with Crippen molar-refractivity contribution in [2.45, 2.75) is 19.5 Å². The minimum atomic E-state index is -1.04. The van der Waals surface area contributed by atoms with E-state index in [1.807, 2.05) is 12.1 Å². The van der Waals surface area contributed by atoms with Crippen LogP contribution in [0, 0.1) is 11.6 Å². The summed E-state index contributed by atoms with van der Waals surface area (Å²) < 4.78 is 26.2. The zero-order valence-corrected chi connectivity index (χ0v) is 15.2. The second-order valence-electron chi connectivity index (χ2n) is 6.78. The number of pyridine rings is 1. The average Bonchev–Trinajstić information content (AvgIpc) is 2.74. The first-order chi connectivity index (χ1) is 13.6. The lowest BCUT2D eigenvalue weighted by Gasteiger charge is -2.29. The van der Waals surface area contributed by atoms with E-state index < -0.39 is 17.5 Å². The van der Waals surface area contributed by atoms with Gasteiger partial charge in [0, 0.05) is 31.4 Å². The largest absolute Gasteiger partial charge is 0.352 e. The van der Waals surface area contributed by atoms with Crippen LogP contribution in [0.1, 0.15) is 27.0 Å². The Hall–Kier alpha value is -3.28. The molecule has 0 saturated carbocycles. The summed E-state index contributed by atoms with van der Waals surface area (Å²) in [5.41, 5.74) is 3.61.